The molecule has 24 heavy (non-hydrogen) atoms. The lowest BCUT2D eigenvalue weighted by Gasteiger charge is -2.47. The molecule has 0 radical (unpaired) electrons. The first kappa shape index (κ1) is 17.2. The van der Waals surface area contributed by atoms with Gasteiger partial charge in [0.25, 0.3) is 0 Å². The van der Waals surface area contributed by atoms with E-state index in [-0.39, 0.29) is 5.91 Å². The van der Waals surface area contributed by atoms with Crippen molar-refractivity contribution in [2.75, 3.05) is 13.7 Å². The van der Waals surface area contributed by atoms with Crippen LogP contribution >= 0.6 is 12.2 Å². The molecule has 1 fully saturated rings. The zero-order valence-electron chi connectivity index (χ0n) is 14.2. The highest BCUT2D eigenvalue weighted by atomic mass is 32.1. The number of hydrogen-bond donors (Lipinski definition) is 1. The third-order valence-corrected chi connectivity index (χ3v) is 5.23. The van der Waals surface area contributed by atoms with E-state index in [1.54, 1.807) is 4.90 Å². The first-order valence-corrected chi connectivity index (χ1v) is 8.65. The van der Waals surface area contributed by atoms with Gasteiger partial charge in [0.05, 0.1) is 13.2 Å². The maximum absolute atomic E-state index is 12.5. The number of hydrogen-bond acceptors (Lipinski definition) is 5. The third-order valence-electron chi connectivity index (χ3n) is 4.83. The lowest BCUT2D eigenvalue weighted by atomic mass is 9.84. The van der Waals surface area contributed by atoms with Gasteiger partial charge in [0.15, 0.2) is 5.05 Å². The second-order valence-corrected chi connectivity index (χ2v) is 7.25. The Balaban J connectivity index is 2.09. The van der Waals surface area contributed by atoms with E-state index < -0.39 is 17.7 Å². The number of aliphatic hydroxyl groups excluding tert-OH is 1. The molecular weight excluding hydrogens is 326 g/mol. The Hall–Kier alpha value is -1.66. The number of ether oxygens (including phenoxy) is 2. The highest BCUT2D eigenvalue weighted by Crippen LogP contribution is 2.44. The molecule has 1 saturated heterocycles. The van der Waals surface area contributed by atoms with Gasteiger partial charge in [-0.1, -0.05) is 0 Å². The van der Waals surface area contributed by atoms with Crippen molar-refractivity contribution in [2.45, 2.75) is 50.9 Å². The molecule has 6 heteroatoms. The number of carbonyl (C=O) groups is 1. The van der Waals surface area contributed by atoms with Crippen molar-refractivity contribution in [1.29, 1.82) is 0 Å². The SMILES string of the molecule is COC(=S)c1ccc2c(c1)C(N1CCCCC1=O)C(O)C(C)(C)O2. The van der Waals surface area contributed by atoms with Gasteiger partial charge in [-0.15, -0.1) is 0 Å². The van der Waals surface area contributed by atoms with E-state index in [9.17, 15) is 9.90 Å². The molecule has 0 aromatic heterocycles. The molecule has 2 aliphatic rings. The number of thiocarbonyl (C=S) groups is 1. The summed E-state index contributed by atoms with van der Waals surface area (Å²) in [5.41, 5.74) is 0.753. The molecule has 0 spiro atoms. The predicted octanol–water partition coefficient (Wildman–Crippen LogP) is 2.59. The molecule has 2 aliphatic heterocycles. The number of benzene rings is 1. The van der Waals surface area contributed by atoms with Crippen LogP contribution in [0.1, 0.15) is 50.3 Å². The summed E-state index contributed by atoms with van der Waals surface area (Å²) in [5, 5.41) is 11.3. The lowest BCUT2D eigenvalue weighted by Crippen LogP contribution is -2.55. The molecule has 5 nitrogen and oxygen atoms in total. The van der Waals surface area contributed by atoms with Gasteiger partial charge in [-0.05, 0) is 57.1 Å². The molecule has 2 atom stereocenters. The fraction of sp³-hybridized carbons (Fsp3) is 0.556. The standard InChI is InChI=1S/C18H23NO4S/c1-18(2)16(21)15(19-9-5-4-6-14(19)20)12-10-11(17(24)22-3)7-8-13(12)23-18/h7-8,10,15-16,21H,4-6,9H2,1-3H3. The zero-order chi connectivity index (χ0) is 17.5. The summed E-state index contributed by atoms with van der Waals surface area (Å²) in [6.07, 6.45) is 1.55. The van der Waals surface area contributed by atoms with Crippen molar-refractivity contribution in [2.24, 2.45) is 0 Å². The molecular formula is C18H23NO4S. The van der Waals surface area contributed by atoms with E-state index in [0.29, 0.717) is 23.8 Å². The van der Waals surface area contributed by atoms with Crippen molar-refractivity contribution in [1.82, 2.24) is 4.90 Å². The lowest BCUT2D eigenvalue weighted by molar-refractivity contribution is -0.147. The number of likely N-dealkylation sites (tertiary alicyclic amines) is 1. The van der Waals surface area contributed by atoms with Crippen LogP contribution in [0.4, 0.5) is 0 Å². The van der Waals surface area contributed by atoms with Crippen LogP contribution in [0.15, 0.2) is 18.2 Å². The molecule has 1 N–H and O–H groups in total. The minimum absolute atomic E-state index is 0.0775. The topological polar surface area (TPSA) is 59.0 Å². The molecule has 0 bridgehead atoms. The van der Waals surface area contributed by atoms with Crippen molar-refractivity contribution >= 4 is 23.2 Å². The van der Waals surface area contributed by atoms with E-state index in [1.807, 2.05) is 32.0 Å². The summed E-state index contributed by atoms with van der Waals surface area (Å²) in [7, 11) is 1.53. The van der Waals surface area contributed by atoms with Crippen molar-refractivity contribution < 1.29 is 19.4 Å². The Labute approximate surface area is 147 Å². The number of fused-ring (bicyclic) bond motifs is 1. The molecule has 1 amide bonds. The molecule has 2 unspecified atom stereocenters. The molecule has 0 saturated carbocycles. The van der Waals surface area contributed by atoms with Crippen LogP contribution in [0.2, 0.25) is 0 Å². The molecule has 1 aromatic rings. The first-order valence-electron chi connectivity index (χ1n) is 8.24. The largest absolute Gasteiger partial charge is 0.486 e. The van der Waals surface area contributed by atoms with Crippen LogP contribution in [-0.2, 0) is 9.53 Å². The summed E-state index contributed by atoms with van der Waals surface area (Å²) in [6, 6.07) is 5.11. The first-order chi connectivity index (χ1) is 11.3. The van der Waals surface area contributed by atoms with Crippen molar-refractivity contribution in [3.63, 3.8) is 0 Å². The van der Waals surface area contributed by atoms with Crippen LogP contribution in [0.25, 0.3) is 0 Å². The zero-order valence-corrected chi connectivity index (χ0v) is 15.1. The van der Waals surface area contributed by atoms with Gasteiger partial charge in [0.2, 0.25) is 5.91 Å². The van der Waals surface area contributed by atoms with E-state index in [4.69, 9.17) is 21.7 Å². The number of carbonyl (C=O) groups excluding carboxylic acids is 1. The van der Waals surface area contributed by atoms with Crippen LogP contribution in [0.5, 0.6) is 5.75 Å². The third kappa shape index (κ3) is 2.89. The van der Waals surface area contributed by atoms with Gasteiger partial charge in [0.1, 0.15) is 17.5 Å². The van der Waals surface area contributed by atoms with E-state index in [0.717, 1.165) is 24.0 Å². The molecule has 130 valence electrons. The number of rotatable bonds is 2. The van der Waals surface area contributed by atoms with Gasteiger partial charge in [-0.25, -0.2) is 0 Å². The smallest absolute Gasteiger partial charge is 0.223 e. The van der Waals surface area contributed by atoms with Crippen LogP contribution in [-0.4, -0.2) is 46.3 Å². The summed E-state index contributed by atoms with van der Waals surface area (Å²) in [5.74, 6) is 0.755. The second kappa shape index (κ2) is 6.33. The highest BCUT2D eigenvalue weighted by molar-refractivity contribution is 7.80. The summed E-state index contributed by atoms with van der Waals surface area (Å²) < 4.78 is 11.1. The summed E-state index contributed by atoms with van der Waals surface area (Å²) in [6.45, 7) is 4.33. The van der Waals surface area contributed by atoms with Gasteiger partial charge < -0.3 is 19.5 Å². The van der Waals surface area contributed by atoms with Crippen molar-refractivity contribution in [3.05, 3.63) is 29.3 Å². The van der Waals surface area contributed by atoms with E-state index >= 15 is 0 Å². The Kier molecular flexibility index (Phi) is 4.53. The van der Waals surface area contributed by atoms with Gasteiger partial charge in [-0.2, -0.15) is 0 Å². The number of aliphatic hydroxyl groups is 1. The normalized spacial score (nSPS) is 25.7. The summed E-state index contributed by atoms with van der Waals surface area (Å²) >= 11 is 5.21. The fourth-order valence-electron chi connectivity index (χ4n) is 3.47. The number of methoxy groups -OCH3 is 1. The Bertz CT molecular complexity index is 673. The Morgan fingerprint density at radius 2 is 2.17 bits per heavy atom. The predicted molar refractivity (Wildman–Crippen MR) is 94.2 cm³/mol. The van der Waals surface area contributed by atoms with Crippen LogP contribution in [0, 0.1) is 0 Å². The minimum atomic E-state index is -0.821. The average Bonchev–Trinajstić information content (AvgIpc) is 2.56. The molecule has 1 aromatic carbocycles. The van der Waals surface area contributed by atoms with Gasteiger partial charge in [0, 0.05) is 24.1 Å². The fourth-order valence-corrected chi connectivity index (χ4v) is 3.60. The quantitative estimate of drug-likeness (QED) is 0.832. The molecule has 0 aliphatic carbocycles. The van der Waals surface area contributed by atoms with Crippen LogP contribution < -0.4 is 4.74 Å². The maximum Gasteiger partial charge on any atom is 0.223 e. The second-order valence-electron chi connectivity index (χ2n) is 6.88. The monoisotopic (exact) mass is 349 g/mol. The van der Waals surface area contributed by atoms with Crippen LogP contribution in [0.3, 0.4) is 0 Å². The van der Waals surface area contributed by atoms with Crippen molar-refractivity contribution in [3.8, 4) is 5.75 Å². The molecule has 3 rings (SSSR count). The average molecular weight is 349 g/mol. The number of amides is 1. The van der Waals surface area contributed by atoms with E-state index in [1.165, 1.54) is 7.11 Å². The Morgan fingerprint density at radius 3 is 2.83 bits per heavy atom. The van der Waals surface area contributed by atoms with Gasteiger partial charge >= 0.3 is 0 Å². The minimum Gasteiger partial charge on any atom is -0.486 e. The van der Waals surface area contributed by atoms with Gasteiger partial charge in [-0.3, -0.25) is 4.79 Å². The maximum atomic E-state index is 12.5. The molecule has 2 heterocycles. The number of nitrogens with zero attached hydrogens (tertiary/aromatic N) is 1. The highest BCUT2D eigenvalue weighted by Gasteiger charge is 2.47. The Morgan fingerprint density at radius 1 is 1.42 bits per heavy atom. The number of piperidine rings is 1. The van der Waals surface area contributed by atoms with E-state index in [2.05, 4.69) is 0 Å². The summed E-state index contributed by atoms with van der Waals surface area (Å²) in [4.78, 5) is 14.2.